The van der Waals surface area contributed by atoms with E-state index in [1.807, 2.05) is 43.0 Å². The van der Waals surface area contributed by atoms with Crippen LogP contribution in [0, 0.1) is 12.8 Å². The van der Waals surface area contributed by atoms with Gasteiger partial charge in [0, 0.05) is 44.4 Å². The average molecular weight is 438 g/mol. The molecule has 9 nitrogen and oxygen atoms in total. The Kier molecular flexibility index (Phi) is 6.25. The first-order valence-electron chi connectivity index (χ1n) is 10.7. The molecule has 4 rings (SSSR count). The third kappa shape index (κ3) is 4.66. The summed E-state index contributed by atoms with van der Waals surface area (Å²) in [6.45, 7) is 8.21. The fourth-order valence-corrected chi connectivity index (χ4v) is 3.75. The summed E-state index contributed by atoms with van der Waals surface area (Å²) in [7, 11) is 0. The largest absolute Gasteiger partial charge is 0.459 e. The Bertz CT molecular complexity index is 1050. The number of benzene rings is 1. The number of carbonyl (C=O) groups is 2. The van der Waals surface area contributed by atoms with E-state index in [9.17, 15) is 9.59 Å². The lowest BCUT2D eigenvalue weighted by molar-refractivity contribution is -0.134. The van der Waals surface area contributed by atoms with Crippen LogP contribution in [0.1, 0.15) is 30.3 Å². The number of piperazine rings is 1. The standard InChI is InChI=1S/C23H27N5O4/c1-15(2)20(25-22(29)19-5-4-14-31-19)23(30)28-12-10-27(11-13-28)18-8-6-17(7-9-18)21-24-16(3)32-26-21/h4-9,14-15,20H,10-13H2,1-3H3,(H,25,29). The van der Waals surface area contributed by atoms with Crippen LogP contribution in [0.2, 0.25) is 0 Å². The summed E-state index contributed by atoms with van der Waals surface area (Å²) in [6, 6.07) is 10.6. The number of nitrogens with zero attached hydrogens (tertiary/aromatic N) is 4. The number of hydrogen-bond donors (Lipinski definition) is 1. The lowest BCUT2D eigenvalue weighted by Gasteiger charge is -2.38. The van der Waals surface area contributed by atoms with E-state index in [0.29, 0.717) is 37.9 Å². The quantitative estimate of drug-likeness (QED) is 0.632. The van der Waals surface area contributed by atoms with Crippen molar-refractivity contribution in [2.24, 2.45) is 5.92 Å². The zero-order valence-corrected chi connectivity index (χ0v) is 18.4. The first-order chi connectivity index (χ1) is 15.4. The van der Waals surface area contributed by atoms with Gasteiger partial charge in [0.15, 0.2) is 5.76 Å². The molecule has 2 amide bonds. The molecule has 1 fully saturated rings. The van der Waals surface area contributed by atoms with E-state index in [-0.39, 0.29) is 23.5 Å². The number of rotatable bonds is 6. The van der Waals surface area contributed by atoms with Crippen molar-refractivity contribution in [3.05, 3.63) is 54.3 Å². The van der Waals surface area contributed by atoms with Crippen molar-refractivity contribution in [2.75, 3.05) is 31.1 Å². The summed E-state index contributed by atoms with van der Waals surface area (Å²) in [5.74, 6) is 0.819. The molecule has 3 heterocycles. The number of aryl methyl sites for hydroxylation is 1. The third-order valence-electron chi connectivity index (χ3n) is 5.57. The van der Waals surface area contributed by atoms with E-state index >= 15 is 0 Å². The van der Waals surface area contributed by atoms with Gasteiger partial charge in [0.1, 0.15) is 6.04 Å². The molecule has 0 spiro atoms. The smallest absolute Gasteiger partial charge is 0.287 e. The van der Waals surface area contributed by atoms with E-state index in [1.165, 1.54) is 6.26 Å². The molecule has 1 aliphatic rings. The van der Waals surface area contributed by atoms with Gasteiger partial charge in [-0.05, 0) is 42.3 Å². The summed E-state index contributed by atoms with van der Waals surface area (Å²) < 4.78 is 10.2. The molecule has 1 saturated heterocycles. The minimum atomic E-state index is -0.600. The zero-order chi connectivity index (χ0) is 22.7. The van der Waals surface area contributed by atoms with Gasteiger partial charge >= 0.3 is 0 Å². The lowest BCUT2D eigenvalue weighted by atomic mass is 10.0. The van der Waals surface area contributed by atoms with Crippen LogP contribution in [-0.2, 0) is 4.79 Å². The second-order valence-electron chi connectivity index (χ2n) is 8.17. The van der Waals surface area contributed by atoms with Crippen molar-refractivity contribution in [3.63, 3.8) is 0 Å². The topological polar surface area (TPSA) is 105 Å². The Labute approximate surface area is 186 Å². The van der Waals surface area contributed by atoms with Gasteiger partial charge in [-0.25, -0.2) is 0 Å². The molecule has 1 atom stereocenters. The van der Waals surface area contributed by atoms with Crippen LogP contribution < -0.4 is 10.2 Å². The van der Waals surface area contributed by atoms with Crippen LogP contribution in [-0.4, -0.2) is 59.1 Å². The van der Waals surface area contributed by atoms with E-state index in [1.54, 1.807) is 19.1 Å². The summed E-state index contributed by atoms with van der Waals surface area (Å²) in [5.41, 5.74) is 1.97. The number of hydrogen-bond acceptors (Lipinski definition) is 7. The molecule has 32 heavy (non-hydrogen) atoms. The van der Waals surface area contributed by atoms with Gasteiger partial charge in [0.05, 0.1) is 6.26 Å². The predicted molar refractivity (Wildman–Crippen MR) is 118 cm³/mol. The summed E-state index contributed by atoms with van der Waals surface area (Å²) in [4.78, 5) is 33.8. The maximum absolute atomic E-state index is 13.1. The maximum atomic E-state index is 13.1. The Balaban J connectivity index is 1.35. The fraction of sp³-hybridized carbons (Fsp3) is 0.391. The van der Waals surface area contributed by atoms with Gasteiger partial charge in [-0.2, -0.15) is 4.98 Å². The molecular formula is C23H27N5O4. The van der Waals surface area contributed by atoms with Crippen LogP contribution in [0.15, 0.2) is 51.6 Å². The fourth-order valence-electron chi connectivity index (χ4n) is 3.75. The molecule has 3 aromatic rings. The van der Waals surface area contributed by atoms with Gasteiger partial charge < -0.3 is 24.1 Å². The second-order valence-corrected chi connectivity index (χ2v) is 8.17. The van der Waals surface area contributed by atoms with E-state index in [4.69, 9.17) is 8.94 Å². The molecule has 168 valence electrons. The highest BCUT2D eigenvalue weighted by Gasteiger charge is 2.31. The molecule has 0 saturated carbocycles. The monoisotopic (exact) mass is 437 g/mol. The van der Waals surface area contributed by atoms with Crippen LogP contribution >= 0.6 is 0 Å². The van der Waals surface area contributed by atoms with Crippen molar-refractivity contribution >= 4 is 17.5 Å². The van der Waals surface area contributed by atoms with Gasteiger partial charge in [0.25, 0.3) is 5.91 Å². The highest BCUT2D eigenvalue weighted by Crippen LogP contribution is 2.22. The summed E-state index contributed by atoms with van der Waals surface area (Å²) >= 11 is 0. The number of anilines is 1. The molecule has 1 aromatic carbocycles. The SMILES string of the molecule is Cc1nc(-c2ccc(N3CCN(C(=O)C(NC(=O)c4ccco4)C(C)C)CC3)cc2)no1. The summed E-state index contributed by atoms with van der Waals surface area (Å²) in [5, 5.41) is 6.77. The Hall–Kier alpha value is -3.62. The summed E-state index contributed by atoms with van der Waals surface area (Å²) in [6.07, 6.45) is 1.44. The van der Waals surface area contributed by atoms with E-state index in [0.717, 1.165) is 11.3 Å². The molecule has 9 heteroatoms. The Morgan fingerprint density at radius 3 is 2.34 bits per heavy atom. The van der Waals surface area contributed by atoms with Gasteiger partial charge in [-0.1, -0.05) is 19.0 Å². The highest BCUT2D eigenvalue weighted by molar-refractivity contribution is 5.95. The number of amides is 2. The van der Waals surface area contributed by atoms with Crippen molar-refractivity contribution in [1.82, 2.24) is 20.4 Å². The van der Waals surface area contributed by atoms with Crippen molar-refractivity contribution in [2.45, 2.75) is 26.8 Å². The molecule has 1 unspecified atom stereocenters. The van der Waals surface area contributed by atoms with Crippen LogP contribution in [0.3, 0.4) is 0 Å². The van der Waals surface area contributed by atoms with Crippen molar-refractivity contribution < 1.29 is 18.5 Å². The van der Waals surface area contributed by atoms with Crippen molar-refractivity contribution in [3.8, 4) is 11.4 Å². The number of aromatic nitrogens is 2. The maximum Gasteiger partial charge on any atom is 0.287 e. The Morgan fingerprint density at radius 2 is 1.78 bits per heavy atom. The first-order valence-corrected chi connectivity index (χ1v) is 10.7. The number of nitrogens with one attached hydrogen (secondary N) is 1. The normalized spacial score (nSPS) is 15.1. The third-order valence-corrected chi connectivity index (χ3v) is 5.57. The minimum Gasteiger partial charge on any atom is -0.459 e. The molecule has 1 aliphatic heterocycles. The highest BCUT2D eigenvalue weighted by atomic mass is 16.5. The van der Waals surface area contributed by atoms with Crippen LogP contribution in [0.5, 0.6) is 0 Å². The average Bonchev–Trinajstić information content (AvgIpc) is 3.49. The number of carbonyl (C=O) groups excluding carboxylic acids is 2. The van der Waals surface area contributed by atoms with Gasteiger partial charge in [-0.15, -0.1) is 0 Å². The molecule has 0 aliphatic carbocycles. The minimum absolute atomic E-state index is 0.0410. The van der Waals surface area contributed by atoms with Crippen LogP contribution in [0.25, 0.3) is 11.4 Å². The Morgan fingerprint density at radius 1 is 1.06 bits per heavy atom. The van der Waals surface area contributed by atoms with E-state index in [2.05, 4.69) is 20.4 Å². The predicted octanol–water partition coefficient (Wildman–Crippen LogP) is 2.74. The lowest BCUT2D eigenvalue weighted by Crippen LogP contribution is -2.56. The first kappa shape index (κ1) is 21.6. The molecular weight excluding hydrogens is 410 g/mol. The number of furan rings is 1. The molecule has 0 bridgehead atoms. The van der Waals surface area contributed by atoms with Gasteiger partial charge in [-0.3, -0.25) is 9.59 Å². The van der Waals surface area contributed by atoms with E-state index < -0.39 is 6.04 Å². The van der Waals surface area contributed by atoms with Crippen molar-refractivity contribution in [1.29, 1.82) is 0 Å². The zero-order valence-electron chi connectivity index (χ0n) is 18.4. The molecule has 1 N–H and O–H groups in total. The van der Waals surface area contributed by atoms with Gasteiger partial charge in [0.2, 0.25) is 17.6 Å². The van der Waals surface area contributed by atoms with Crippen LogP contribution in [0.4, 0.5) is 5.69 Å². The second kappa shape index (κ2) is 9.25. The molecule has 2 aromatic heterocycles. The molecule has 0 radical (unpaired) electrons.